The van der Waals surface area contributed by atoms with E-state index in [0.29, 0.717) is 39.8 Å². The van der Waals surface area contributed by atoms with Crippen LogP contribution in [0.25, 0.3) is 11.3 Å². The van der Waals surface area contributed by atoms with Crippen LogP contribution in [-0.4, -0.2) is 18.4 Å². The molecule has 0 saturated carbocycles. The molecule has 162 valence electrons. The Morgan fingerprint density at radius 2 is 1.90 bits per heavy atom. The minimum Gasteiger partial charge on any atom is -0.463 e. The predicted octanol–water partition coefficient (Wildman–Crippen LogP) is 5.77. The maximum atomic E-state index is 13.2. The van der Waals surface area contributed by atoms with Gasteiger partial charge in [0.2, 0.25) is 0 Å². The number of carbonyl (C=O) groups excluding carboxylic acids is 2. The Bertz CT molecular complexity index is 1100. The van der Waals surface area contributed by atoms with E-state index in [1.54, 1.807) is 19.1 Å². The molecule has 0 radical (unpaired) electrons. The predicted molar refractivity (Wildman–Crippen MR) is 119 cm³/mol. The first-order valence-electron chi connectivity index (χ1n) is 10.5. The molecule has 2 aromatic rings. The highest BCUT2D eigenvalue weighted by Gasteiger charge is 2.44. The van der Waals surface area contributed by atoms with E-state index in [2.05, 4.69) is 19.2 Å². The van der Waals surface area contributed by atoms with Gasteiger partial charge in [0.05, 0.1) is 18.1 Å². The molecule has 1 atom stereocenters. The Balaban J connectivity index is 1.83. The zero-order chi connectivity index (χ0) is 22.3. The maximum absolute atomic E-state index is 13.2. The summed E-state index contributed by atoms with van der Waals surface area (Å²) in [6, 6.07) is 11.0. The van der Waals surface area contributed by atoms with E-state index < -0.39 is 11.9 Å². The second-order valence-electron chi connectivity index (χ2n) is 8.86. The van der Waals surface area contributed by atoms with Crippen LogP contribution in [-0.2, 0) is 14.3 Å². The normalized spacial score (nSPS) is 20.4. The van der Waals surface area contributed by atoms with Crippen LogP contribution in [0.2, 0.25) is 5.02 Å². The second-order valence-corrected chi connectivity index (χ2v) is 9.30. The smallest absolute Gasteiger partial charge is 0.336 e. The SMILES string of the molecule is CCOC(=O)C1=C(C)NC2=C(C(=O)CC(C)(C)C2)[C@H]1c1ccc(-c2ccc(Cl)cc2)o1. The van der Waals surface area contributed by atoms with Gasteiger partial charge in [0.15, 0.2) is 5.78 Å². The maximum Gasteiger partial charge on any atom is 0.336 e. The van der Waals surface area contributed by atoms with Gasteiger partial charge >= 0.3 is 5.97 Å². The van der Waals surface area contributed by atoms with Gasteiger partial charge in [0.25, 0.3) is 0 Å². The number of ether oxygens (including phenoxy) is 1. The number of allylic oxidation sites excluding steroid dienone is 3. The summed E-state index contributed by atoms with van der Waals surface area (Å²) < 4.78 is 11.5. The number of dihydropyridines is 1. The first-order valence-corrected chi connectivity index (χ1v) is 10.8. The molecule has 5 nitrogen and oxygen atoms in total. The average molecular weight is 440 g/mol. The highest BCUT2D eigenvalue weighted by molar-refractivity contribution is 6.30. The molecule has 2 aliphatic rings. The zero-order valence-electron chi connectivity index (χ0n) is 18.2. The van der Waals surface area contributed by atoms with Crippen LogP contribution >= 0.6 is 11.6 Å². The van der Waals surface area contributed by atoms with Crippen molar-refractivity contribution in [2.24, 2.45) is 5.41 Å². The van der Waals surface area contributed by atoms with E-state index in [-0.39, 0.29) is 17.8 Å². The summed E-state index contributed by atoms with van der Waals surface area (Å²) >= 11 is 6.00. The van der Waals surface area contributed by atoms with Crippen LogP contribution in [0.3, 0.4) is 0 Å². The molecule has 0 amide bonds. The fourth-order valence-corrected chi connectivity index (χ4v) is 4.60. The Morgan fingerprint density at radius 1 is 1.19 bits per heavy atom. The number of hydrogen-bond acceptors (Lipinski definition) is 5. The van der Waals surface area contributed by atoms with Crippen molar-refractivity contribution in [3.8, 4) is 11.3 Å². The molecule has 1 aliphatic heterocycles. The van der Waals surface area contributed by atoms with E-state index in [1.165, 1.54) is 0 Å². The van der Waals surface area contributed by atoms with Gasteiger partial charge < -0.3 is 14.5 Å². The van der Waals surface area contributed by atoms with Gasteiger partial charge in [-0.25, -0.2) is 4.79 Å². The second kappa shape index (κ2) is 8.04. The topological polar surface area (TPSA) is 68.5 Å². The van der Waals surface area contributed by atoms with E-state index >= 15 is 0 Å². The highest BCUT2D eigenvalue weighted by atomic mass is 35.5. The van der Waals surface area contributed by atoms with E-state index in [1.807, 2.05) is 31.2 Å². The summed E-state index contributed by atoms with van der Waals surface area (Å²) in [4.78, 5) is 26.2. The summed E-state index contributed by atoms with van der Waals surface area (Å²) in [6.07, 6.45) is 1.15. The van der Waals surface area contributed by atoms with Gasteiger partial charge in [-0.2, -0.15) is 0 Å². The largest absolute Gasteiger partial charge is 0.463 e. The number of furan rings is 1. The summed E-state index contributed by atoms with van der Waals surface area (Å²) in [5, 5.41) is 3.96. The standard InChI is InChI=1S/C25H26ClNO4/c1-5-30-24(29)21-14(2)27-17-12-25(3,4)13-18(28)22(17)23(21)20-11-10-19(31-20)15-6-8-16(26)9-7-15/h6-11,23,27H,5,12-13H2,1-4H3/t23-/m0/s1. The number of benzene rings is 1. The molecule has 1 aromatic heterocycles. The lowest BCUT2D eigenvalue weighted by molar-refractivity contribution is -0.138. The molecule has 0 spiro atoms. The summed E-state index contributed by atoms with van der Waals surface area (Å²) in [5.41, 5.74) is 3.30. The molecule has 4 rings (SSSR count). The molecule has 0 unspecified atom stereocenters. The number of esters is 1. The Labute approximate surface area is 187 Å². The van der Waals surface area contributed by atoms with Gasteiger partial charge in [-0.1, -0.05) is 25.4 Å². The number of hydrogen-bond donors (Lipinski definition) is 1. The van der Waals surface area contributed by atoms with Crippen molar-refractivity contribution in [1.82, 2.24) is 5.32 Å². The number of carbonyl (C=O) groups is 2. The van der Waals surface area contributed by atoms with Crippen molar-refractivity contribution in [3.63, 3.8) is 0 Å². The van der Waals surface area contributed by atoms with Crippen molar-refractivity contribution >= 4 is 23.4 Å². The molecule has 1 aliphatic carbocycles. The zero-order valence-corrected chi connectivity index (χ0v) is 18.9. The van der Waals surface area contributed by atoms with Crippen LogP contribution in [0.1, 0.15) is 52.2 Å². The van der Waals surface area contributed by atoms with Crippen molar-refractivity contribution in [2.45, 2.75) is 46.5 Å². The molecule has 31 heavy (non-hydrogen) atoms. The molecule has 0 saturated heterocycles. The monoisotopic (exact) mass is 439 g/mol. The van der Waals surface area contributed by atoms with Crippen molar-refractivity contribution in [3.05, 3.63) is 69.7 Å². The molecule has 6 heteroatoms. The Morgan fingerprint density at radius 3 is 2.58 bits per heavy atom. The van der Waals surface area contributed by atoms with Crippen LogP contribution in [0.4, 0.5) is 0 Å². The molecule has 1 aromatic carbocycles. The van der Waals surface area contributed by atoms with Crippen LogP contribution in [0.5, 0.6) is 0 Å². The molecule has 1 N–H and O–H groups in total. The third-order valence-corrected chi connectivity index (χ3v) is 6.03. The number of ketones is 1. The first kappa shape index (κ1) is 21.4. The van der Waals surface area contributed by atoms with Crippen molar-refractivity contribution in [2.75, 3.05) is 6.61 Å². The number of nitrogens with one attached hydrogen (secondary N) is 1. The minimum absolute atomic E-state index is 0.0301. The van der Waals surface area contributed by atoms with Crippen molar-refractivity contribution < 1.29 is 18.7 Å². The average Bonchev–Trinajstić information content (AvgIpc) is 3.16. The first-order chi connectivity index (χ1) is 14.7. The van der Waals surface area contributed by atoms with Crippen LogP contribution in [0, 0.1) is 5.41 Å². The summed E-state index contributed by atoms with van der Waals surface area (Å²) in [6.45, 7) is 8.03. The van der Waals surface area contributed by atoms with E-state index in [0.717, 1.165) is 17.7 Å². The summed E-state index contributed by atoms with van der Waals surface area (Å²) in [5.74, 6) is 0.194. The molecule has 0 fully saturated rings. The molecular formula is C25H26ClNO4. The van der Waals surface area contributed by atoms with Gasteiger partial charge in [0, 0.05) is 34.0 Å². The van der Waals surface area contributed by atoms with Gasteiger partial charge in [0.1, 0.15) is 11.5 Å². The third-order valence-electron chi connectivity index (χ3n) is 5.78. The lowest BCUT2D eigenvalue weighted by atomic mass is 9.69. The fraction of sp³-hybridized carbons (Fsp3) is 0.360. The molecular weight excluding hydrogens is 414 g/mol. The summed E-state index contributed by atoms with van der Waals surface area (Å²) in [7, 11) is 0. The Kier molecular flexibility index (Phi) is 5.56. The van der Waals surface area contributed by atoms with Gasteiger partial charge in [-0.05, 0) is 62.1 Å². The van der Waals surface area contributed by atoms with E-state index in [9.17, 15) is 9.59 Å². The quantitative estimate of drug-likeness (QED) is 0.612. The molecule has 0 bridgehead atoms. The van der Waals surface area contributed by atoms with Gasteiger partial charge in [-0.3, -0.25) is 4.79 Å². The fourth-order valence-electron chi connectivity index (χ4n) is 4.48. The van der Waals surface area contributed by atoms with Gasteiger partial charge in [-0.15, -0.1) is 0 Å². The number of Topliss-reactive ketones (excluding diaryl/α,β-unsaturated/α-hetero) is 1. The molecule has 2 heterocycles. The van der Waals surface area contributed by atoms with Crippen LogP contribution in [0.15, 0.2) is 63.4 Å². The lowest BCUT2D eigenvalue weighted by Gasteiger charge is -2.38. The highest BCUT2D eigenvalue weighted by Crippen LogP contribution is 2.47. The number of halogens is 1. The third kappa shape index (κ3) is 4.07. The number of rotatable bonds is 4. The Hall–Kier alpha value is -2.79. The van der Waals surface area contributed by atoms with Crippen molar-refractivity contribution in [1.29, 1.82) is 0 Å². The minimum atomic E-state index is -0.597. The van der Waals surface area contributed by atoms with Crippen LogP contribution < -0.4 is 5.32 Å². The lowest BCUT2D eigenvalue weighted by Crippen LogP contribution is -2.38. The van der Waals surface area contributed by atoms with E-state index in [4.69, 9.17) is 20.8 Å².